The predicted octanol–water partition coefficient (Wildman–Crippen LogP) is 3.59. The van der Waals surface area contributed by atoms with E-state index in [0.717, 1.165) is 54.0 Å². The molecule has 6 nitrogen and oxygen atoms in total. The van der Waals surface area contributed by atoms with Crippen molar-refractivity contribution >= 4 is 29.0 Å². The van der Waals surface area contributed by atoms with Crippen LogP contribution in [-0.4, -0.2) is 55.6 Å². The Morgan fingerprint density at radius 2 is 2.00 bits per heavy atom. The number of piperazine rings is 1. The Balaban J connectivity index is 1.39. The Morgan fingerprint density at radius 3 is 2.68 bits per heavy atom. The van der Waals surface area contributed by atoms with E-state index in [2.05, 4.69) is 27.1 Å². The number of amides is 1. The van der Waals surface area contributed by atoms with Crippen LogP contribution >= 0.6 is 11.6 Å². The monoisotopic (exact) mass is 402 g/mol. The second-order valence-corrected chi connectivity index (χ2v) is 7.51. The third kappa shape index (κ3) is 5.84. The fourth-order valence-electron chi connectivity index (χ4n) is 3.04. The molecule has 2 aromatic rings. The lowest BCUT2D eigenvalue weighted by atomic mass is 10.2. The van der Waals surface area contributed by atoms with E-state index >= 15 is 0 Å². The molecule has 0 radical (unpaired) electrons. The average molecular weight is 403 g/mol. The Morgan fingerprint density at radius 1 is 1.21 bits per heavy atom. The van der Waals surface area contributed by atoms with E-state index in [4.69, 9.17) is 16.3 Å². The number of hydrogen-bond acceptors (Lipinski definition) is 5. The minimum Gasteiger partial charge on any atom is -0.494 e. The van der Waals surface area contributed by atoms with Gasteiger partial charge in [0.1, 0.15) is 11.6 Å². The first-order valence-electron chi connectivity index (χ1n) is 9.59. The maximum Gasteiger partial charge on any atom is 0.224 e. The molecule has 0 bridgehead atoms. The quantitative estimate of drug-likeness (QED) is 0.717. The van der Waals surface area contributed by atoms with Gasteiger partial charge in [-0.2, -0.15) is 0 Å². The van der Waals surface area contributed by atoms with Gasteiger partial charge < -0.3 is 19.9 Å². The Hall–Kier alpha value is -2.31. The minimum atomic E-state index is -0.0370. The summed E-state index contributed by atoms with van der Waals surface area (Å²) in [7, 11) is 2.13. The standard InChI is InChI=1S/C21H27ClN4O2/c1-16-14-18(6-7-19(16)22)28-13-3-4-21(27)24-17-5-8-20(23-15-17)26-11-9-25(2)10-12-26/h5-8,14-15H,3-4,9-13H2,1-2H3,(H,24,27). The molecular formula is C21H27ClN4O2. The molecule has 1 amide bonds. The van der Waals surface area contributed by atoms with Crippen LogP contribution in [0.1, 0.15) is 18.4 Å². The van der Waals surface area contributed by atoms with Gasteiger partial charge in [-0.1, -0.05) is 11.6 Å². The van der Waals surface area contributed by atoms with Crippen molar-refractivity contribution in [1.82, 2.24) is 9.88 Å². The van der Waals surface area contributed by atoms with Crippen LogP contribution in [0.25, 0.3) is 0 Å². The van der Waals surface area contributed by atoms with Gasteiger partial charge in [0.2, 0.25) is 5.91 Å². The number of benzene rings is 1. The van der Waals surface area contributed by atoms with Gasteiger partial charge in [-0.15, -0.1) is 0 Å². The molecule has 0 atom stereocenters. The molecule has 1 aliphatic rings. The molecule has 3 rings (SSSR count). The van der Waals surface area contributed by atoms with Crippen molar-refractivity contribution in [3.8, 4) is 5.75 Å². The van der Waals surface area contributed by atoms with Crippen molar-refractivity contribution in [1.29, 1.82) is 0 Å². The lowest BCUT2D eigenvalue weighted by Crippen LogP contribution is -2.44. The fraction of sp³-hybridized carbons (Fsp3) is 0.429. The van der Waals surface area contributed by atoms with Gasteiger partial charge in [-0.25, -0.2) is 4.98 Å². The molecule has 1 aromatic heterocycles. The average Bonchev–Trinajstić information content (AvgIpc) is 2.69. The largest absolute Gasteiger partial charge is 0.494 e. The molecule has 0 saturated carbocycles. The number of aryl methyl sites for hydroxylation is 1. The summed E-state index contributed by atoms with van der Waals surface area (Å²) in [6.45, 7) is 6.45. The molecular weight excluding hydrogens is 376 g/mol. The molecule has 1 aliphatic heterocycles. The first-order chi connectivity index (χ1) is 13.5. The van der Waals surface area contributed by atoms with Crippen molar-refractivity contribution in [3.05, 3.63) is 47.1 Å². The van der Waals surface area contributed by atoms with Crippen LogP contribution in [0.3, 0.4) is 0 Å². The van der Waals surface area contributed by atoms with Crippen molar-refractivity contribution in [2.75, 3.05) is 50.1 Å². The number of carbonyl (C=O) groups excluding carboxylic acids is 1. The first kappa shape index (κ1) is 20.4. The van der Waals surface area contributed by atoms with Crippen molar-refractivity contribution in [2.45, 2.75) is 19.8 Å². The zero-order chi connectivity index (χ0) is 19.9. The highest BCUT2D eigenvalue weighted by atomic mass is 35.5. The number of likely N-dealkylation sites (N-methyl/N-ethyl adjacent to an activating group) is 1. The van der Waals surface area contributed by atoms with Crippen LogP contribution < -0.4 is 15.0 Å². The summed E-state index contributed by atoms with van der Waals surface area (Å²) in [6.07, 6.45) is 2.76. The summed E-state index contributed by atoms with van der Waals surface area (Å²) in [5.41, 5.74) is 1.70. The van der Waals surface area contributed by atoms with Gasteiger partial charge in [-0.05, 0) is 56.3 Å². The summed E-state index contributed by atoms with van der Waals surface area (Å²) >= 11 is 6.00. The summed E-state index contributed by atoms with van der Waals surface area (Å²) < 4.78 is 5.67. The molecule has 0 spiro atoms. The van der Waals surface area contributed by atoms with Crippen molar-refractivity contribution in [3.63, 3.8) is 0 Å². The van der Waals surface area contributed by atoms with E-state index in [1.165, 1.54) is 0 Å². The van der Waals surface area contributed by atoms with Crippen LogP contribution in [0.5, 0.6) is 5.75 Å². The molecule has 150 valence electrons. The molecule has 0 aliphatic carbocycles. The smallest absolute Gasteiger partial charge is 0.224 e. The Kier molecular flexibility index (Phi) is 7.12. The number of hydrogen-bond donors (Lipinski definition) is 1. The van der Waals surface area contributed by atoms with Crippen LogP contribution in [0.15, 0.2) is 36.5 Å². The second kappa shape index (κ2) is 9.75. The van der Waals surface area contributed by atoms with E-state index in [9.17, 15) is 4.79 Å². The van der Waals surface area contributed by atoms with Crippen LogP contribution in [0.2, 0.25) is 5.02 Å². The minimum absolute atomic E-state index is 0.0370. The van der Waals surface area contributed by atoms with Gasteiger partial charge in [-0.3, -0.25) is 4.79 Å². The summed E-state index contributed by atoms with van der Waals surface area (Å²) in [5, 5.41) is 3.61. The zero-order valence-corrected chi connectivity index (χ0v) is 17.2. The SMILES string of the molecule is Cc1cc(OCCCC(=O)Nc2ccc(N3CCN(C)CC3)nc2)ccc1Cl. The topological polar surface area (TPSA) is 57.7 Å². The van der Waals surface area contributed by atoms with Crippen LogP contribution in [0.4, 0.5) is 11.5 Å². The molecule has 1 fully saturated rings. The van der Waals surface area contributed by atoms with E-state index in [1.807, 2.05) is 37.3 Å². The van der Waals surface area contributed by atoms with Gasteiger partial charge in [0.05, 0.1) is 18.5 Å². The van der Waals surface area contributed by atoms with Crippen LogP contribution in [-0.2, 0) is 4.79 Å². The molecule has 1 N–H and O–H groups in total. The summed E-state index contributed by atoms with van der Waals surface area (Å²) in [6, 6.07) is 9.43. The number of ether oxygens (including phenoxy) is 1. The fourth-order valence-corrected chi connectivity index (χ4v) is 3.15. The van der Waals surface area contributed by atoms with E-state index in [1.54, 1.807) is 6.20 Å². The number of carbonyl (C=O) groups is 1. The van der Waals surface area contributed by atoms with Gasteiger partial charge >= 0.3 is 0 Å². The highest BCUT2D eigenvalue weighted by Gasteiger charge is 2.15. The Labute approximate surface area is 171 Å². The molecule has 28 heavy (non-hydrogen) atoms. The molecule has 1 aromatic carbocycles. The second-order valence-electron chi connectivity index (χ2n) is 7.11. The first-order valence-corrected chi connectivity index (χ1v) is 9.97. The zero-order valence-electron chi connectivity index (χ0n) is 16.4. The normalized spacial score (nSPS) is 14.8. The number of anilines is 2. The van der Waals surface area contributed by atoms with Gasteiger partial charge in [0.25, 0.3) is 0 Å². The molecule has 7 heteroatoms. The van der Waals surface area contributed by atoms with E-state index in [0.29, 0.717) is 19.4 Å². The summed E-state index contributed by atoms with van der Waals surface area (Å²) in [5.74, 6) is 1.69. The number of rotatable bonds is 7. The number of aromatic nitrogens is 1. The highest BCUT2D eigenvalue weighted by molar-refractivity contribution is 6.31. The lowest BCUT2D eigenvalue weighted by Gasteiger charge is -2.33. The Bertz CT molecular complexity index is 789. The van der Waals surface area contributed by atoms with Crippen LogP contribution in [0, 0.1) is 6.92 Å². The van der Waals surface area contributed by atoms with E-state index < -0.39 is 0 Å². The molecule has 2 heterocycles. The number of halogens is 1. The third-order valence-corrected chi connectivity index (χ3v) is 5.23. The predicted molar refractivity (Wildman–Crippen MR) is 113 cm³/mol. The van der Waals surface area contributed by atoms with Gasteiger partial charge in [0, 0.05) is 37.6 Å². The van der Waals surface area contributed by atoms with Crippen molar-refractivity contribution in [2.24, 2.45) is 0 Å². The number of pyridine rings is 1. The molecule has 1 saturated heterocycles. The number of nitrogens with zero attached hydrogens (tertiary/aromatic N) is 3. The summed E-state index contributed by atoms with van der Waals surface area (Å²) in [4.78, 5) is 21.2. The number of nitrogens with one attached hydrogen (secondary N) is 1. The maximum absolute atomic E-state index is 12.1. The maximum atomic E-state index is 12.1. The third-order valence-electron chi connectivity index (χ3n) is 4.81. The highest BCUT2D eigenvalue weighted by Crippen LogP contribution is 2.21. The lowest BCUT2D eigenvalue weighted by molar-refractivity contribution is -0.116. The van der Waals surface area contributed by atoms with Crippen molar-refractivity contribution < 1.29 is 9.53 Å². The van der Waals surface area contributed by atoms with Gasteiger partial charge in [0.15, 0.2) is 0 Å². The molecule has 0 unspecified atom stereocenters. The van der Waals surface area contributed by atoms with E-state index in [-0.39, 0.29) is 5.91 Å².